The van der Waals surface area contributed by atoms with Crippen molar-refractivity contribution in [2.75, 3.05) is 23.7 Å². The minimum Gasteiger partial charge on any atom is -0.477 e. The Hall–Kier alpha value is -3.17. The third-order valence-electron chi connectivity index (χ3n) is 5.04. The summed E-state index contributed by atoms with van der Waals surface area (Å²) in [5.74, 6) is -3.58. The van der Waals surface area contributed by atoms with Gasteiger partial charge in [-0.25, -0.2) is 13.6 Å². The maximum atomic E-state index is 15.4. The highest BCUT2D eigenvalue weighted by atomic mass is 19.1. The Morgan fingerprint density at radius 3 is 2.56 bits per heavy atom. The number of nitrogen functional groups attached to an aromatic ring is 1. The van der Waals surface area contributed by atoms with Gasteiger partial charge in [0, 0.05) is 25.2 Å². The molecule has 0 amide bonds. The number of anilines is 2. The number of hydrogen-bond acceptors (Lipinski definition) is 6. The van der Waals surface area contributed by atoms with Gasteiger partial charge >= 0.3 is 5.97 Å². The fraction of sp³-hybridized carbons (Fsp3) is 0.353. The molecular formula is C17H16F2N4O4. The summed E-state index contributed by atoms with van der Waals surface area (Å²) in [5, 5.41) is 20.8. The van der Waals surface area contributed by atoms with E-state index in [4.69, 9.17) is 10.9 Å². The molecule has 1 aromatic carbocycles. The summed E-state index contributed by atoms with van der Waals surface area (Å²) >= 11 is 0. The van der Waals surface area contributed by atoms with Crippen LogP contribution in [0, 0.1) is 11.6 Å². The quantitative estimate of drug-likeness (QED) is 0.426. The summed E-state index contributed by atoms with van der Waals surface area (Å²) in [7, 11) is 0. The molecule has 142 valence electrons. The van der Waals surface area contributed by atoms with Crippen LogP contribution in [0.25, 0.3) is 10.9 Å². The van der Waals surface area contributed by atoms with Crippen LogP contribution in [0.2, 0.25) is 0 Å². The van der Waals surface area contributed by atoms with Crippen molar-refractivity contribution in [3.8, 4) is 0 Å². The molecule has 2 fully saturated rings. The molecule has 10 heteroatoms. The number of halogens is 2. The van der Waals surface area contributed by atoms with Gasteiger partial charge in [0.05, 0.1) is 28.8 Å². The first kappa shape index (κ1) is 17.3. The standard InChI is InChI=1S/C17H16F2N4O4/c18-11-13(20)10-14(12(19)15(11)22-4-3-7(5-22)21-27)23(8-1-2-8)6-9(16(10)24)17(25)26/h6,8,27H,1-5,20H2,(H,25,26). The first-order valence-corrected chi connectivity index (χ1v) is 8.38. The van der Waals surface area contributed by atoms with Gasteiger partial charge in [-0.1, -0.05) is 5.16 Å². The molecule has 0 spiro atoms. The van der Waals surface area contributed by atoms with Crippen molar-refractivity contribution in [3.05, 3.63) is 33.6 Å². The van der Waals surface area contributed by atoms with E-state index >= 15 is 4.39 Å². The van der Waals surface area contributed by atoms with E-state index in [0.29, 0.717) is 25.0 Å². The summed E-state index contributed by atoms with van der Waals surface area (Å²) in [4.78, 5) is 25.3. The van der Waals surface area contributed by atoms with Crippen LogP contribution >= 0.6 is 0 Å². The van der Waals surface area contributed by atoms with E-state index in [1.807, 2.05) is 0 Å². The molecule has 1 aliphatic heterocycles. The maximum absolute atomic E-state index is 15.4. The van der Waals surface area contributed by atoms with Gasteiger partial charge in [-0.05, 0) is 12.8 Å². The summed E-state index contributed by atoms with van der Waals surface area (Å²) < 4.78 is 31.7. The highest BCUT2D eigenvalue weighted by Gasteiger charge is 2.34. The number of carboxylic acid groups (broad SMARTS) is 1. The lowest BCUT2D eigenvalue weighted by Gasteiger charge is -2.22. The number of nitrogens with zero attached hydrogens (tertiary/aromatic N) is 3. The Morgan fingerprint density at radius 1 is 1.30 bits per heavy atom. The van der Waals surface area contributed by atoms with Gasteiger partial charge in [0.15, 0.2) is 11.6 Å². The lowest BCUT2D eigenvalue weighted by molar-refractivity contribution is 0.0695. The van der Waals surface area contributed by atoms with E-state index in [-0.39, 0.29) is 24.6 Å². The second kappa shape index (κ2) is 5.93. The smallest absolute Gasteiger partial charge is 0.341 e. The average Bonchev–Trinajstić information content (AvgIpc) is 3.37. The van der Waals surface area contributed by atoms with Gasteiger partial charge < -0.3 is 25.5 Å². The molecule has 2 aliphatic rings. The molecule has 2 aromatic rings. The van der Waals surface area contributed by atoms with Crippen molar-refractivity contribution in [1.29, 1.82) is 0 Å². The number of carbonyl (C=O) groups is 1. The number of nitrogens with two attached hydrogens (primary N) is 1. The number of hydrogen-bond donors (Lipinski definition) is 3. The Bertz CT molecular complexity index is 1080. The number of fused-ring (bicyclic) bond motifs is 1. The molecule has 0 radical (unpaired) electrons. The number of aromatic carboxylic acids is 1. The van der Waals surface area contributed by atoms with E-state index in [1.54, 1.807) is 0 Å². The number of oxime groups is 1. The van der Waals surface area contributed by atoms with Gasteiger partial charge in [0.25, 0.3) is 0 Å². The van der Waals surface area contributed by atoms with Crippen LogP contribution in [-0.2, 0) is 0 Å². The topological polar surface area (TPSA) is 121 Å². The Labute approximate surface area is 151 Å². The largest absolute Gasteiger partial charge is 0.477 e. The van der Waals surface area contributed by atoms with Crippen molar-refractivity contribution < 1.29 is 23.9 Å². The molecule has 4 N–H and O–H groups in total. The molecule has 4 rings (SSSR count). The second-order valence-electron chi connectivity index (χ2n) is 6.77. The summed E-state index contributed by atoms with van der Waals surface area (Å²) in [6.45, 7) is 0.245. The van der Waals surface area contributed by atoms with Crippen molar-refractivity contribution in [3.63, 3.8) is 0 Å². The van der Waals surface area contributed by atoms with Gasteiger partial charge in [0.2, 0.25) is 5.43 Å². The molecule has 0 bridgehead atoms. The van der Waals surface area contributed by atoms with Crippen molar-refractivity contribution in [2.24, 2.45) is 5.16 Å². The van der Waals surface area contributed by atoms with Gasteiger partial charge in [0.1, 0.15) is 11.3 Å². The zero-order chi connectivity index (χ0) is 19.5. The van der Waals surface area contributed by atoms with E-state index in [0.717, 1.165) is 6.20 Å². The van der Waals surface area contributed by atoms with Crippen LogP contribution in [0.4, 0.5) is 20.2 Å². The van der Waals surface area contributed by atoms with Gasteiger partial charge in [-0.3, -0.25) is 4.79 Å². The molecule has 1 aromatic heterocycles. The summed E-state index contributed by atoms with van der Waals surface area (Å²) in [6, 6.07) is -0.174. The third-order valence-corrected chi connectivity index (χ3v) is 5.04. The van der Waals surface area contributed by atoms with Crippen molar-refractivity contribution in [1.82, 2.24) is 4.57 Å². The van der Waals surface area contributed by atoms with Crippen LogP contribution < -0.4 is 16.1 Å². The molecule has 0 atom stereocenters. The van der Waals surface area contributed by atoms with Crippen LogP contribution in [0.1, 0.15) is 35.7 Å². The summed E-state index contributed by atoms with van der Waals surface area (Å²) in [5.41, 5.74) is 3.41. The zero-order valence-corrected chi connectivity index (χ0v) is 14.1. The predicted octanol–water partition coefficient (Wildman–Crippen LogP) is 1.94. The highest BCUT2D eigenvalue weighted by molar-refractivity contribution is 6.00. The number of rotatable bonds is 3. The first-order valence-electron chi connectivity index (χ1n) is 8.38. The molecule has 1 saturated carbocycles. The molecule has 1 saturated heterocycles. The monoisotopic (exact) mass is 378 g/mol. The number of benzene rings is 1. The Balaban J connectivity index is 2.07. The second-order valence-corrected chi connectivity index (χ2v) is 6.77. The van der Waals surface area contributed by atoms with Gasteiger partial charge in [-0.2, -0.15) is 0 Å². The zero-order valence-electron chi connectivity index (χ0n) is 14.1. The summed E-state index contributed by atoms with van der Waals surface area (Å²) in [6.07, 6.45) is 2.81. The minimum absolute atomic E-state index is 0.0240. The van der Waals surface area contributed by atoms with E-state index < -0.39 is 45.4 Å². The third kappa shape index (κ3) is 2.51. The molecule has 27 heavy (non-hydrogen) atoms. The van der Waals surface area contributed by atoms with E-state index in [1.165, 1.54) is 9.47 Å². The van der Waals surface area contributed by atoms with Crippen molar-refractivity contribution in [2.45, 2.75) is 25.3 Å². The number of pyridine rings is 1. The van der Waals surface area contributed by atoms with Crippen LogP contribution in [0.15, 0.2) is 16.1 Å². The van der Waals surface area contributed by atoms with E-state index in [2.05, 4.69) is 5.16 Å². The van der Waals surface area contributed by atoms with Gasteiger partial charge in [-0.15, -0.1) is 0 Å². The SMILES string of the molecule is Nc1c(F)c(N2CCC(=NO)C2)c(F)c2c1c(=O)c(C(=O)O)cn2C1CC1. The minimum atomic E-state index is -1.48. The van der Waals surface area contributed by atoms with Crippen LogP contribution in [-0.4, -0.2) is 39.7 Å². The average molecular weight is 378 g/mol. The molecule has 2 heterocycles. The number of carboxylic acids is 1. The van der Waals surface area contributed by atoms with E-state index in [9.17, 15) is 19.1 Å². The van der Waals surface area contributed by atoms with Crippen molar-refractivity contribution >= 4 is 34.0 Å². The lowest BCUT2D eigenvalue weighted by Crippen LogP contribution is -2.26. The molecule has 8 nitrogen and oxygen atoms in total. The lowest BCUT2D eigenvalue weighted by atomic mass is 10.1. The Morgan fingerprint density at radius 2 is 2.00 bits per heavy atom. The maximum Gasteiger partial charge on any atom is 0.341 e. The fourth-order valence-corrected chi connectivity index (χ4v) is 3.54. The fourth-order valence-electron chi connectivity index (χ4n) is 3.54. The molecular weight excluding hydrogens is 362 g/mol. The first-order chi connectivity index (χ1) is 12.8. The number of aromatic nitrogens is 1. The molecule has 0 unspecified atom stereocenters. The highest BCUT2D eigenvalue weighted by Crippen LogP contribution is 2.42. The normalized spacial score (nSPS) is 18.6. The van der Waals surface area contributed by atoms with Crippen LogP contribution in [0.5, 0.6) is 0 Å². The van der Waals surface area contributed by atoms with Crippen LogP contribution in [0.3, 0.4) is 0 Å². The predicted molar refractivity (Wildman–Crippen MR) is 93.8 cm³/mol. The Kier molecular flexibility index (Phi) is 3.79. The molecule has 1 aliphatic carbocycles.